The highest BCUT2D eigenvalue weighted by atomic mass is 16.5. The molecule has 1 saturated heterocycles. The maximum absolute atomic E-state index is 12.4. The van der Waals surface area contributed by atoms with Gasteiger partial charge in [-0.15, -0.1) is 0 Å². The zero-order valence-corrected chi connectivity index (χ0v) is 17.9. The van der Waals surface area contributed by atoms with Crippen LogP contribution in [0.15, 0.2) is 36.4 Å². The van der Waals surface area contributed by atoms with Gasteiger partial charge in [-0.3, -0.25) is 9.78 Å². The molecule has 1 fully saturated rings. The van der Waals surface area contributed by atoms with Crippen molar-refractivity contribution in [3.63, 3.8) is 0 Å². The summed E-state index contributed by atoms with van der Waals surface area (Å²) < 4.78 is 11.1. The molecule has 6 heteroatoms. The van der Waals surface area contributed by atoms with E-state index in [1.165, 1.54) is 0 Å². The van der Waals surface area contributed by atoms with E-state index < -0.39 is 0 Å². The molecular weight excluding hydrogens is 366 g/mol. The van der Waals surface area contributed by atoms with Gasteiger partial charge in [-0.25, -0.2) is 0 Å². The van der Waals surface area contributed by atoms with Crippen LogP contribution in [-0.2, 0) is 9.53 Å². The van der Waals surface area contributed by atoms with E-state index in [-0.39, 0.29) is 11.8 Å². The van der Waals surface area contributed by atoms with Crippen molar-refractivity contribution in [3.8, 4) is 11.5 Å². The Morgan fingerprint density at radius 1 is 1.21 bits per heavy atom. The molecule has 0 radical (unpaired) electrons. The van der Waals surface area contributed by atoms with E-state index in [0.29, 0.717) is 19.6 Å². The average molecular weight is 398 g/mol. The van der Waals surface area contributed by atoms with Gasteiger partial charge in [0.15, 0.2) is 0 Å². The fourth-order valence-corrected chi connectivity index (χ4v) is 3.67. The minimum absolute atomic E-state index is 0.154. The third-order valence-electron chi connectivity index (χ3n) is 5.25. The van der Waals surface area contributed by atoms with E-state index in [4.69, 9.17) is 14.5 Å². The summed E-state index contributed by atoms with van der Waals surface area (Å²) in [4.78, 5) is 21.1. The molecule has 1 amide bonds. The van der Waals surface area contributed by atoms with E-state index in [1.807, 2.05) is 62.3 Å². The van der Waals surface area contributed by atoms with Crippen molar-refractivity contribution in [1.82, 2.24) is 9.88 Å². The first-order valence-electron chi connectivity index (χ1n) is 10.2. The highest BCUT2D eigenvalue weighted by Crippen LogP contribution is 2.31. The highest BCUT2D eigenvalue weighted by Gasteiger charge is 2.26. The second-order valence-corrected chi connectivity index (χ2v) is 7.78. The van der Waals surface area contributed by atoms with Gasteiger partial charge < -0.3 is 19.3 Å². The van der Waals surface area contributed by atoms with Crippen molar-refractivity contribution in [2.24, 2.45) is 0 Å². The van der Waals surface area contributed by atoms with Gasteiger partial charge in [0.25, 0.3) is 0 Å². The highest BCUT2D eigenvalue weighted by molar-refractivity contribution is 5.76. The second-order valence-electron chi connectivity index (χ2n) is 7.78. The molecule has 156 valence electrons. The van der Waals surface area contributed by atoms with E-state index in [9.17, 15) is 4.79 Å². The molecule has 1 unspecified atom stereocenters. The van der Waals surface area contributed by atoms with Crippen LogP contribution in [0, 0.1) is 6.92 Å². The number of anilines is 1. The van der Waals surface area contributed by atoms with Crippen molar-refractivity contribution < 1.29 is 14.3 Å². The number of hydrogen-bond donors (Lipinski definition) is 0. The van der Waals surface area contributed by atoms with Crippen LogP contribution in [0.3, 0.4) is 0 Å². The van der Waals surface area contributed by atoms with Gasteiger partial charge in [-0.2, -0.15) is 0 Å². The fraction of sp³-hybridized carbons (Fsp3) is 0.478. The van der Waals surface area contributed by atoms with Crippen molar-refractivity contribution in [1.29, 1.82) is 0 Å². The quantitative estimate of drug-likeness (QED) is 0.707. The molecule has 1 aromatic carbocycles. The lowest BCUT2D eigenvalue weighted by Crippen LogP contribution is -2.39. The number of hydrogen-bond acceptors (Lipinski definition) is 5. The topological polar surface area (TPSA) is 54.9 Å². The average Bonchev–Trinajstić information content (AvgIpc) is 2.72. The van der Waals surface area contributed by atoms with Crippen LogP contribution >= 0.6 is 0 Å². The number of piperidine rings is 1. The summed E-state index contributed by atoms with van der Waals surface area (Å²) in [7, 11) is 5.65. The molecule has 0 saturated carbocycles. The molecule has 0 N–H and O–H groups in total. The van der Waals surface area contributed by atoms with Crippen molar-refractivity contribution in [2.75, 3.05) is 45.8 Å². The SMILES string of the molecule is COCCC(=O)N1CCCC(c2cc(Oc3ccc(N(C)C)cc3)cc(C)n2)C1. The van der Waals surface area contributed by atoms with E-state index in [1.54, 1.807) is 7.11 Å². The number of pyridine rings is 1. The summed E-state index contributed by atoms with van der Waals surface area (Å²) in [6, 6.07) is 12.0. The molecule has 2 heterocycles. The first kappa shape index (κ1) is 21.1. The predicted molar refractivity (Wildman–Crippen MR) is 115 cm³/mol. The number of nitrogens with zero attached hydrogens (tertiary/aromatic N) is 3. The van der Waals surface area contributed by atoms with Crippen LogP contribution in [0.2, 0.25) is 0 Å². The van der Waals surface area contributed by atoms with Crippen LogP contribution in [0.4, 0.5) is 5.69 Å². The Balaban J connectivity index is 1.72. The molecule has 3 rings (SSSR count). The lowest BCUT2D eigenvalue weighted by Gasteiger charge is -2.32. The Bertz CT molecular complexity index is 821. The number of aryl methyl sites for hydroxylation is 1. The van der Waals surface area contributed by atoms with Crippen molar-refractivity contribution in [3.05, 3.63) is 47.8 Å². The number of likely N-dealkylation sites (tertiary alicyclic amines) is 1. The normalized spacial score (nSPS) is 16.6. The Labute approximate surface area is 173 Å². The van der Waals surface area contributed by atoms with Gasteiger partial charge in [-0.05, 0) is 44.0 Å². The van der Waals surface area contributed by atoms with Gasteiger partial charge >= 0.3 is 0 Å². The Morgan fingerprint density at radius 3 is 2.66 bits per heavy atom. The van der Waals surface area contributed by atoms with E-state index in [0.717, 1.165) is 48.0 Å². The molecule has 1 atom stereocenters. The van der Waals surface area contributed by atoms with Gasteiger partial charge in [0.1, 0.15) is 11.5 Å². The Morgan fingerprint density at radius 2 is 1.97 bits per heavy atom. The van der Waals surface area contributed by atoms with Gasteiger partial charge in [-0.1, -0.05) is 0 Å². The molecule has 0 aliphatic carbocycles. The Hall–Kier alpha value is -2.60. The first-order chi connectivity index (χ1) is 14.0. The first-order valence-corrected chi connectivity index (χ1v) is 10.2. The van der Waals surface area contributed by atoms with E-state index >= 15 is 0 Å². The fourth-order valence-electron chi connectivity index (χ4n) is 3.67. The molecule has 0 spiro atoms. The molecule has 2 aromatic rings. The van der Waals surface area contributed by atoms with Crippen molar-refractivity contribution in [2.45, 2.75) is 32.1 Å². The molecule has 1 aliphatic heterocycles. The zero-order valence-electron chi connectivity index (χ0n) is 17.9. The molecular formula is C23H31N3O3. The Kier molecular flexibility index (Phi) is 7.09. The predicted octanol–water partition coefficient (Wildman–Crippen LogP) is 3.99. The van der Waals surface area contributed by atoms with Crippen LogP contribution in [0.1, 0.15) is 36.6 Å². The largest absolute Gasteiger partial charge is 0.457 e. The number of methoxy groups -OCH3 is 1. The third kappa shape index (κ3) is 5.70. The lowest BCUT2D eigenvalue weighted by atomic mass is 9.93. The molecule has 29 heavy (non-hydrogen) atoms. The maximum atomic E-state index is 12.4. The number of aromatic nitrogens is 1. The van der Waals surface area contributed by atoms with Crippen LogP contribution in [-0.4, -0.2) is 56.7 Å². The number of carbonyl (C=O) groups is 1. The van der Waals surface area contributed by atoms with Crippen LogP contribution in [0.25, 0.3) is 0 Å². The lowest BCUT2D eigenvalue weighted by molar-refractivity contribution is -0.133. The summed E-state index contributed by atoms with van der Waals surface area (Å²) in [6.07, 6.45) is 2.45. The number of amides is 1. The molecule has 6 nitrogen and oxygen atoms in total. The van der Waals surface area contributed by atoms with Gasteiger partial charge in [0, 0.05) is 69.4 Å². The summed E-state index contributed by atoms with van der Waals surface area (Å²) in [6.45, 7) is 3.96. The second kappa shape index (κ2) is 9.74. The standard InChI is InChI=1S/C23H31N3O3/c1-17-14-21(29-20-9-7-19(8-10-20)25(2)3)15-22(24-17)18-6-5-12-26(16-18)23(27)11-13-28-4/h7-10,14-15,18H,5-6,11-13,16H2,1-4H3. The monoisotopic (exact) mass is 397 g/mol. The summed E-state index contributed by atoms with van der Waals surface area (Å²) in [5.74, 6) is 1.97. The number of rotatable bonds is 7. The molecule has 1 aromatic heterocycles. The van der Waals surface area contributed by atoms with Crippen LogP contribution in [0.5, 0.6) is 11.5 Å². The van der Waals surface area contributed by atoms with E-state index in [2.05, 4.69) is 4.90 Å². The minimum Gasteiger partial charge on any atom is -0.457 e. The van der Waals surface area contributed by atoms with Crippen LogP contribution < -0.4 is 9.64 Å². The van der Waals surface area contributed by atoms with Gasteiger partial charge in [0.2, 0.25) is 5.91 Å². The number of ether oxygens (including phenoxy) is 2. The minimum atomic E-state index is 0.154. The third-order valence-corrected chi connectivity index (χ3v) is 5.25. The summed E-state index contributed by atoms with van der Waals surface area (Å²) >= 11 is 0. The number of carbonyl (C=O) groups excluding carboxylic acids is 1. The van der Waals surface area contributed by atoms with Gasteiger partial charge in [0.05, 0.1) is 13.0 Å². The smallest absolute Gasteiger partial charge is 0.224 e. The van der Waals surface area contributed by atoms with Crippen molar-refractivity contribution >= 4 is 11.6 Å². The zero-order chi connectivity index (χ0) is 20.8. The maximum Gasteiger partial charge on any atom is 0.224 e. The summed E-state index contributed by atoms with van der Waals surface area (Å²) in [5, 5.41) is 0. The number of benzene rings is 1. The molecule has 1 aliphatic rings. The summed E-state index contributed by atoms with van der Waals surface area (Å²) in [5.41, 5.74) is 3.05. The molecule has 0 bridgehead atoms.